The maximum Gasteiger partial charge on any atom is 0.0274 e. The van der Waals surface area contributed by atoms with E-state index in [1.54, 1.807) is 29.5 Å². The van der Waals surface area contributed by atoms with Crippen molar-refractivity contribution < 1.29 is 6.85 Å². The molecule has 0 rings (SSSR count). The van der Waals surface area contributed by atoms with Gasteiger partial charge in [0.2, 0.25) is 0 Å². The van der Waals surface area contributed by atoms with Crippen LogP contribution in [0.1, 0.15) is 27.0 Å². The van der Waals surface area contributed by atoms with Crippen molar-refractivity contribution in [3.8, 4) is 0 Å². The van der Waals surface area contributed by atoms with E-state index in [1.807, 2.05) is 0 Å². The summed E-state index contributed by atoms with van der Waals surface area (Å²) in [5, 5.41) is 0. The first kappa shape index (κ1) is 1.35. The zero-order valence-corrected chi connectivity index (χ0v) is 5.11. The Morgan fingerprint density at radius 3 is 3.00 bits per heavy atom. The lowest BCUT2D eigenvalue weighted by Crippen LogP contribution is -1.79. The molecule has 0 N–H and O–H groups in total. The predicted molar refractivity (Wildman–Crippen MR) is 33.8 cm³/mol. The third-order valence-electron chi connectivity index (χ3n) is 0.199. The second kappa shape index (κ2) is 2.94. The molecule has 0 nitrogen and oxygen atoms in total. The number of rotatable bonds is 1. The fourth-order valence-corrected chi connectivity index (χ4v) is 0. The van der Waals surface area contributed by atoms with Gasteiger partial charge >= 0.3 is 0 Å². The molecule has 0 aliphatic heterocycles. The molecule has 5 heavy (non-hydrogen) atoms. The van der Waals surface area contributed by atoms with Crippen molar-refractivity contribution in [2.75, 3.05) is 0 Å². The molecule has 1 atom stereocenters. The Kier molecular flexibility index (Phi) is 0.797. The van der Waals surface area contributed by atoms with E-state index in [4.69, 9.17) is 6.85 Å². The van der Waals surface area contributed by atoms with Gasteiger partial charge in [-0.05, 0) is 6.37 Å². The summed E-state index contributed by atoms with van der Waals surface area (Å²) in [5.41, 5.74) is 0. The summed E-state index contributed by atoms with van der Waals surface area (Å²) in [6.45, 7) is -0.958. The smallest absolute Gasteiger partial charge is 0.0274 e. The molecule has 0 spiro atoms. The summed E-state index contributed by atoms with van der Waals surface area (Å²) in [4.78, 5) is 0. The molecule has 0 radical (unpaired) electrons. The highest BCUT2D eigenvalue weighted by molar-refractivity contribution is 14.1. The first-order valence-electron chi connectivity index (χ1n) is 3.83. The molecule has 1 heteroatoms. The van der Waals surface area contributed by atoms with Crippen molar-refractivity contribution in [2.45, 2.75) is 24.1 Å². The minimum Gasteiger partial charge on any atom is -0.0829 e. The number of halogens is 1. The van der Waals surface area contributed by atoms with Gasteiger partial charge in [-0.3, -0.25) is 0 Å². The summed E-state index contributed by atoms with van der Waals surface area (Å²) in [5.74, 6) is 0. The van der Waals surface area contributed by atoms with Crippen LogP contribution in [0, 0.1) is 0 Å². The van der Waals surface area contributed by atoms with Crippen molar-refractivity contribution in [3.05, 3.63) is 0 Å². The van der Waals surface area contributed by atoms with E-state index in [0.29, 0.717) is 0 Å². The fraction of sp³-hybridized carbons (Fsp3) is 1.00. The SMILES string of the molecule is [2H]C([2H])([2H])C([2H])([2H])C(C)I. The van der Waals surface area contributed by atoms with Crippen molar-refractivity contribution >= 4 is 22.6 Å². The normalized spacial score (nSPS) is 35.2. The molecule has 1 unspecified atom stereocenters. The van der Waals surface area contributed by atoms with E-state index < -0.39 is 17.1 Å². The molecule has 0 aromatic carbocycles. The van der Waals surface area contributed by atoms with Gasteiger partial charge in [0, 0.05) is 10.8 Å². The third kappa shape index (κ3) is 4.73. The maximum absolute atomic E-state index is 7.13. The third-order valence-corrected chi connectivity index (χ3v) is 0.510. The van der Waals surface area contributed by atoms with Crippen LogP contribution >= 0.6 is 22.6 Å². The molecule has 0 bridgehead atoms. The number of hydrogen-bond donors (Lipinski definition) is 0. The molecule has 0 saturated carbocycles. The highest BCUT2D eigenvalue weighted by Crippen LogP contribution is 2.00. The summed E-state index contributed by atoms with van der Waals surface area (Å²) >= 11 is 1.78. The lowest BCUT2D eigenvalue weighted by molar-refractivity contribution is 0.938. The lowest BCUT2D eigenvalue weighted by atomic mass is 10.4. The van der Waals surface area contributed by atoms with Gasteiger partial charge in [0.1, 0.15) is 0 Å². The average molecular weight is 189 g/mol. The lowest BCUT2D eigenvalue weighted by Gasteiger charge is -1.88. The molecule has 32 valence electrons. The van der Waals surface area contributed by atoms with Crippen molar-refractivity contribution in [1.29, 1.82) is 0 Å². The average Bonchev–Trinajstić information content (AvgIpc) is 1.62. The quantitative estimate of drug-likeness (QED) is 0.438. The van der Waals surface area contributed by atoms with Crippen molar-refractivity contribution in [1.82, 2.24) is 0 Å². The van der Waals surface area contributed by atoms with Crippen LogP contribution in [0.3, 0.4) is 0 Å². The van der Waals surface area contributed by atoms with Gasteiger partial charge in [0.05, 0.1) is 0 Å². The Bertz CT molecular complexity index is 115. The largest absolute Gasteiger partial charge is 0.0829 e. The van der Waals surface area contributed by atoms with Crippen LogP contribution in [0.2, 0.25) is 0 Å². The monoisotopic (exact) mass is 189 g/mol. The molecule has 0 fully saturated rings. The summed E-state index contributed by atoms with van der Waals surface area (Å²) in [6.07, 6.45) is -2.08. The van der Waals surface area contributed by atoms with E-state index >= 15 is 0 Å². The summed E-state index contributed by atoms with van der Waals surface area (Å²) in [6, 6.07) is 0. The Morgan fingerprint density at radius 2 is 3.00 bits per heavy atom. The second-order valence-corrected chi connectivity index (χ2v) is 2.63. The molecule has 0 aromatic heterocycles. The van der Waals surface area contributed by atoms with E-state index in [-0.39, 0.29) is 0 Å². The first-order valence-corrected chi connectivity index (χ1v) is 2.58. The maximum atomic E-state index is 7.13. The molecular formula is C4H9I. The predicted octanol–water partition coefficient (Wildman–Crippen LogP) is 2.22. The molecule has 0 heterocycles. The van der Waals surface area contributed by atoms with Crippen LogP contribution in [0.25, 0.3) is 0 Å². The second-order valence-electron chi connectivity index (χ2n) is 0.760. The van der Waals surface area contributed by atoms with Gasteiger partial charge in [0.15, 0.2) is 0 Å². The molecule has 0 amide bonds. The van der Waals surface area contributed by atoms with Crippen LogP contribution in [-0.2, 0) is 0 Å². The fourth-order valence-electron chi connectivity index (χ4n) is 0. The highest BCUT2D eigenvalue weighted by atomic mass is 127. The van der Waals surface area contributed by atoms with Gasteiger partial charge in [-0.15, -0.1) is 0 Å². The van der Waals surface area contributed by atoms with Gasteiger partial charge < -0.3 is 0 Å². The van der Waals surface area contributed by atoms with E-state index in [0.717, 1.165) is 0 Å². The van der Waals surface area contributed by atoms with Crippen LogP contribution in [0.5, 0.6) is 0 Å². The van der Waals surface area contributed by atoms with Crippen molar-refractivity contribution in [2.24, 2.45) is 0 Å². The zero-order valence-electron chi connectivity index (χ0n) is 7.96. The molecular weight excluding hydrogens is 175 g/mol. The molecule has 0 aromatic rings. The number of alkyl halides is 1. The minimum absolute atomic E-state index is 0.502. The van der Waals surface area contributed by atoms with Crippen molar-refractivity contribution in [3.63, 3.8) is 0 Å². The summed E-state index contributed by atoms with van der Waals surface area (Å²) in [7, 11) is 0. The van der Waals surface area contributed by atoms with Gasteiger partial charge in [-0.1, -0.05) is 36.4 Å². The topological polar surface area (TPSA) is 0 Å². The molecule has 0 aliphatic rings. The number of hydrogen-bond acceptors (Lipinski definition) is 0. The van der Waals surface area contributed by atoms with Crippen LogP contribution in [0.4, 0.5) is 0 Å². The van der Waals surface area contributed by atoms with E-state index in [2.05, 4.69) is 0 Å². The standard InChI is InChI=1S/C4H9I/c1-3-4(2)5/h4H,3H2,1-2H3/i1D3,3D2. The highest BCUT2D eigenvalue weighted by Gasteiger charge is 1.82. The van der Waals surface area contributed by atoms with Crippen LogP contribution in [-0.4, -0.2) is 3.92 Å². The Balaban J connectivity index is 4.40. The minimum atomic E-state index is -2.51. The van der Waals surface area contributed by atoms with E-state index in [1.165, 1.54) is 0 Å². The van der Waals surface area contributed by atoms with Crippen LogP contribution < -0.4 is 0 Å². The Hall–Kier alpha value is 0.730. The molecule has 0 saturated heterocycles. The summed E-state index contributed by atoms with van der Waals surface area (Å²) < 4.78 is 34.2. The zero-order chi connectivity index (χ0) is 8.58. The van der Waals surface area contributed by atoms with Gasteiger partial charge in [-0.2, -0.15) is 0 Å². The van der Waals surface area contributed by atoms with Gasteiger partial charge in [-0.25, -0.2) is 0 Å². The van der Waals surface area contributed by atoms with Gasteiger partial charge in [0.25, 0.3) is 0 Å². The first-order chi connectivity index (χ1) is 4.19. The van der Waals surface area contributed by atoms with Crippen LogP contribution in [0.15, 0.2) is 0 Å². The molecule has 0 aliphatic carbocycles. The van der Waals surface area contributed by atoms with E-state index in [9.17, 15) is 0 Å². The Labute approximate surface area is 54.1 Å². The Morgan fingerprint density at radius 1 is 2.40 bits per heavy atom.